The Morgan fingerprint density at radius 1 is 1.21 bits per heavy atom. The average Bonchev–Trinajstić information content (AvgIpc) is 1.97. The van der Waals surface area contributed by atoms with Crippen LogP contribution in [0.25, 0.3) is 0 Å². The van der Waals surface area contributed by atoms with Crippen molar-refractivity contribution in [3.63, 3.8) is 0 Å². The van der Waals surface area contributed by atoms with E-state index in [1.165, 1.54) is 0 Å². The van der Waals surface area contributed by atoms with Gasteiger partial charge in [0, 0.05) is 5.69 Å². The Labute approximate surface area is 84.4 Å². The molecule has 78 valence electrons. The van der Waals surface area contributed by atoms with Gasteiger partial charge in [0.15, 0.2) is 0 Å². The lowest BCUT2D eigenvalue weighted by atomic mass is 10.2. The molecule has 1 rings (SSSR count). The van der Waals surface area contributed by atoms with Gasteiger partial charge >= 0.3 is 0 Å². The Hall–Kier alpha value is -1.10. The van der Waals surface area contributed by atoms with Crippen molar-refractivity contribution in [2.45, 2.75) is 20.8 Å². The maximum absolute atomic E-state index is 11.0. The zero-order chi connectivity index (χ0) is 10.9. The highest BCUT2D eigenvalue weighted by atomic mass is 32.2. The first-order chi connectivity index (χ1) is 6.29. The summed E-state index contributed by atoms with van der Waals surface area (Å²) in [5.74, 6) is 0.413. The number of sulfonamides is 1. The Kier molecular flexibility index (Phi) is 2.80. The monoisotopic (exact) mass is 214 g/mol. The second-order valence-electron chi connectivity index (χ2n) is 3.43. The standard InChI is InChI=1S/C9H14N2O2S/c1-6-5-7(2)9(10-8(6)3)11-14(4,12)13/h5H,1-4H3,(H,10,11). The quantitative estimate of drug-likeness (QED) is 0.809. The van der Waals surface area contributed by atoms with Gasteiger partial charge in [0.05, 0.1) is 6.26 Å². The summed E-state index contributed by atoms with van der Waals surface area (Å²) in [5.41, 5.74) is 2.72. The highest BCUT2D eigenvalue weighted by molar-refractivity contribution is 7.92. The van der Waals surface area contributed by atoms with Crippen LogP contribution in [0.1, 0.15) is 16.8 Å². The maximum Gasteiger partial charge on any atom is 0.230 e. The summed E-state index contributed by atoms with van der Waals surface area (Å²) in [6, 6.07) is 1.91. The molecule has 1 N–H and O–H groups in total. The van der Waals surface area contributed by atoms with E-state index in [-0.39, 0.29) is 0 Å². The minimum atomic E-state index is -3.24. The molecule has 0 unspecified atom stereocenters. The van der Waals surface area contributed by atoms with Gasteiger partial charge in [-0.1, -0.05) is 6.07 Å². The number of hydrogen-bond donors (Lipinski definition) is 1. The van der Waals surface area contributed by atoms with E-state index in [0.717, 1.165) is 23.1 Å². The number of nitrogens with one attached hydrogen (secondary N) is 1. The Bertz CT molecular complexity index is 452. The third-order valence-corrected chi connectivity index (χ3v) is 2.50. The Morgan fingerprint density at radius 2 is 1.79 bits per heavy atom. The van der Waals surface area contributed by atoms with E-state index in [1.54, 1.807) is 0 Å². The molecule has 0 saturated heterocycles. The van der Waals surface area contributed by atoms with E-state index in [4.69, 9.17) is 0 Å². The van der Waals surface area contributed by atoms with Crippen molar-refractivity contribution in [2.24, 2.45) is 0 Å². The molecule has 1 aromatic heterocycles. The molecule has 5 heteroatoms. The van der Waals surface area contributed by atoms with Crippen molar-refractivity contribution in [2.75, 3.05) is 11.0 Å². The predicted molar refractivity (Wildman–Crippen MR) is 56.9 cm³/mol. The van der Waals surface area contributed by atoms with Crippen LogP contribution in [0.15, 0.2) is 6.07 Å². The number of aromatic nitrogens is 1. The molecule has 0 atom stereocenters. The molecule has 4 nitrogen and oxygen atoms in total. The second-order valence-corrected chi connectivity index (χ2v) is 5.18. The first-order valence-electron chi connectivity index (χ1n) is 4.22. The number of pyridine rings is 1. The Balaban J connectivity index is 3.17. The van der Waals surface area contributed by atoms with Crippen LogP contribution in [-0.2, 0) is 10.0 Å². The molecule has 0 aromatic carbocycles. The van der Waals surface area contributed by atoms with Crippen LogP contribution in [0.3, 0.4) is 0 Å². The van der Waals surface area contributed by atoms with Crippen LogP contribution >= 0.6 is 0 Å². The second kappa shape index (κ2) is 3.57. The minimum absolute atomic E-state index is 0.413. The number of rotatable bonds is 2. The highest BCUT2D eigenvalue weighted by Crippen LogP contribution is 2.16. The van der Waals surface area contributed by atoms with Gasteiger partial charge in [-0.3, -0.25) is 4.72 Å². The molecule has 1 aromatic rings. The molecule has 0 amide bonds. The summed E-state index contributed by atoms with van der Waals surface area (Å²) in [6.07, 6.45) is 1.11. The van der Waals surface area contributed by atoms with Crippen molar-refractivity contribution >= 4 is 15.8 Å². The van der Waals surface area contributed by atoms with Crippen LogP contribution in [0.4, 0.5) is 5.82 Å². The number of anilines is 1. The van der Waals surface area contributed by atoms with Gasteiger partial charge < -0.3 is 0 Å². The van der Waals surface area contributed by atoms with Crippen LogP contribution in [0.5, 0.6) is 0 Å². The molecule has 0 saturated carbocycles. The van der Waals surface area contributed by atoms with Crippen molar-refractivity contribution < 1.29 is 8.42 Å². The van der Waals surface area contributed by atoms with E-state index in [9.17, 15) is 8.42 Å². The molecule has 14 heavy (non-hydrogen) atoms. The third kappa shape index (κ3) is 2.70. The fourth-order valence-electron chi connectivity index (χ4n) is 1.12. The lowest BCUT2D eigenvalue weighted by molar-refractivity contribution is 0.606. The fourth-order valence-corrected chi connectivity index (χ4v) is 1.68. The van der Waals surface area contributed by atoms with Gasteiger partial charge in [-0.2, -0.15) is 0 Å². The van der Waals surface area contributed by atoms with Gasteiger partial charge in [0.2, 0.25) is 10.0 Å². The molecule has 0 aliphatic rings. The SMILES string of the molecule is Cc1cc(C)c(NS(C)(=O)=O)nc1C. The van der Waals surface area contributed by atoms with E-state index < -0.39 is 10.0 Å². The number of hydrogen-bond acceptors (Lipinski definition) is 3. The molecule has 0 radical (unpaired) electrons. The first kappa shape index (κ1) is 11.0. The summed E-state index contributed by atoms with van der Waals surface area (Å²) >= 11 is 0. The summed E-state index contributed by atoms with van der Waals surface area (Å²) in [5, 5.41) is 0. The molecular weight excluding hydrogens is 200 g/mol. The zero-order valence-corrected chi connectivity index (χ0v) is 9.57. The molecule has 0 bridgehead atoms. The van der Waals surface area contributed by atoms with Crippen LogP contribution in [-0.4, -0.2) is 19.7 Å². The van der Waals surface area contributed by atoms with Crippen LogP contribution < -0.4 is 4.72 Å². The van der Waals surface area contributed by atoms with Gasteiger partial charge in [0.1, 0.15) is 5.82 Å². The van der Waals surface area contributed by atoms with E-state index in [1.807, 2.05) is 26.8 Å². The first-order valence-corrected chi connectivity index (χ1v) is 6.11. The Morgan fingerprint density at radius 3 is 2.29 bits per heavy atom. The predicted octanol–water partition coefficient (Wildman–Crippen LogP) is 1.38. The minimum Gasteiger partial charge on any atom is -0.267 e. The van der Waals surface area contributed by atoms with Gasteiger partial charge in [-0.05, 0) is 31.9 Å². The lowest BCUT2D eigenvalue weighted by Crippen LogP contribution is -2.12. The molecule has 0 spiro atoms. The van der Waals surface area contributed by atoms with Gasteiger partial charge in [-0.15, -0.1) is 0 Å². The van der Waals surface area contributed by atoms with Gasteiger partial charge in [0.25, 0.3) is 0 Å². The van der Waals surface area contributed by atoms with Crippen LogP contribution in [0, 0.1) is 20.8 Å². The highest BCUT2D eigenvalue weighted by Gasteiger charge is 2.07. The largest absolute Gasteiger partial charge is 0.267 e. The summed E-state index contributed by atoms with van der Waals surface area (Å²) in [4.78, 5) is 4.17. The van der Waals surface area contributed by atoms with Gasteiger partial charge in [-0.25, -0.2) is 13.4 Å². The van der Waals surface area contributed by atoms with E-state index >= 15 is 0 Å². The summed E-state index contributed by atoms with van der Waals surface area (Å²) in [6.45, 7) is 5.62. The molecule has 0 aliphatic heterocycles. The van der Waals surface area contributed by atoms with E-state index in [0.29, 0.717) is 5.82 Å². The zero-order valence-electron chi connectivity index (χ0n) is 8.75. The molecule has 1 heterocycles. The summed E-state index contributed by atoms with van der Waals surface area (Å²) in [7, 11) is -3.24. The van der Waals surface area contributed by atoms with Crippen molar-refractivity contribution in [3.8, 4) is 0 Å². The molecular formula is C9H14N2O2S. The number of nitrogens with zero attached hydrogens (tertiary/aromatic N) is 1. The van der Waals surface area contributed by atoms with Crippen molar-refractivity contribution in [1.29, 1.82) is 0 Å². The topological polar surface area (TPSA) is 59.1 Å². The fraction of sp³-hybridized carbons (Fsp3) is 0.444. The van der Waals surface area contributed by atoms with Crippen LogP contribution in [0.2, 0.25) is 0 Å². The lowest BCUT2D eigenvalue weighted by Gasteiger charge is -2.09. The third-order valence-electron chi connectivity index (χ3n) is 1.94. The normalized spacial score (nSPS) is 11.4. The van der Waals surface area contributed by atoms with E-state index in [2.05, 4.69) is 9.71 Å². The maximum atomic E-state index is 11.0. The van der Waals surface area contributed by atoms with Crippen molar-refractivity contribution in [1.82, 2.24) is 4.98 Å². The van der Waals surface area contributed by atoms with Crippen molar-refractivity contribution in [3.05, 3.63) is 22.9 Å². The summed E-state index contributed by atoms with van der Waals surface area (Å²) < 4.78 is 24.4. The average molecular weight is 214 g/mol. The smallest absolute Gasteiger partial charge is 0.230 e. The molecule has 0 aliphatic carbocycles. The number of aryl methyl sites for hydroxylation is 3. The molecule has 0 fully saturated rings.